The molecule has 0 amide bonds. The van der Waals surface area contributed by atoms with E-state index in [1.807, 2.05) is 18.0 Å². The molecular formula is C15H20N2O2. The number of nitrogens with zero attached hydrogens (tertiary/aromatic N) is 2. The number of hydrogen-bond donors (Lipinski definition) is 1. The molecule has 2 aliphatic rings. The summed E-state index contributed by atoms with van der Waals surface area (Å²) in [6.07, 6.45) is 4.29. The van der Waals surface area contributed by atoms with Crippen LogP contribution in [0.3, 0.4) is 0 Å². The van der Waals surface area contributed by atoms with Crippen molar-refractivity contribution in [3.05, 3.63) is 22.9 Å². The van der Waals surface area contributed by atoms with Crippen LogP contribution >= 0.6 is 0 Å². The number of pyridine rings is 1. The highest BCUT2D eigenvalue weighted by atomic mass is 16.4. The minimum absolute atomic E-state index is 0.358. The highest BCUT2D eigenvalue weighted by molar-refractivity contribution is 5.93. The minimum atomic E-state index is -0.868. The molecule has 2 unspecified atom stereocenters. The number of carboxylic acid groups (broad SMARTS) is 1. The number of aromatic nitrogens is 1. The first-order valence-corrected chi connectivity index (χ1v) is 7.03. The Bertz CT molecular complexity index is 527. The first kappa shape index (κ1) is 12.5. The second-order valence-electron chi connectivity index (χ2n) is 5.98. The van der Waals surface area contributed by atoms with E-state index in [-0.39, 0.29) is 0 Å². The molecule has 0 radical (unpaired) electrons. The zero-order valence-electron chi connectivity index (χ0n) is 11.5. The van der Waals surface area contributed by atoms with Crippen LogP contribution in [0.2, 0.25) is 0 Å². The normalized spacial score (nSPS) is 24.1. The summed E-state index contributed by atoms with van der Waals surface area (Å²) in [5.41, 5.74) is 2.57. The van der Waals surface area contributed by atoms with Gasteiger partial charge in [0.15, 0.2) is 0 Å². The number of carbonyl (C=O) groups is 1. The van der Waals surface area contributed by atoms with Gasteiger partial charge >= 0.3 is 5.97 Å². The van der Waals surface area contributed by atoms with Crippen LogP contribution in [0.1, 0.15) is 41.4 Å². The van der Waals surface area contributed by atoms with Crippen molar-refractivity contribution in [3.8, 4) is 0 Å². The Morgan fingerprint density at radius 2 is 2.26 bits per heavy atom. The fraction of sp³-hybridized carbons (Fsp3) is 0.600. The summed E-state index contributed by atoms with van der Waals surface area (Å²) in [4.78, 5) is 18.1. The van der Waals surface area contributed by atoms with E-state index < -0.39 is 5.97 Å². The van der Waals surface area contributed by atoms with Gasteiger partial charge in [0.05, 0.1) is 0 Å². The van der Waals surface area contributed by atoms with Crippen LogP contribution in [0, 0.1) is 11.8 Å². The molecule has 3 rings (SSSR count). The van der Waals surface area contributed by atoms with E-state index in [9.17, 15) is 9.90 Å². The van der Waals surface area contributed by atoms with Crippen molar-refractivity contribution in [2.45, 2.75) is 32.6 Å². The van der Waals surface area contributed by atoms with Crippen molar-refractivity contribution in [2.75, 3.05) is 18.5 Å². The summed E-state index contributed by atoms with van der Waals surface area (Å²) < 4.78 is 0. The van der Waals surface area contributed by atoms with Crippen LogP contribution in [0.5, 0.6) is 0 Å². The van der Waals surface area contributed by atoms with E-state index in [2.05, 4.69) is 11.9 Å². The zero-order valence-corrected chi connectivity index (χ0v) is 11.5. The lowest BCUT2D eigenvalue weighted by atomic mass is 10.1. The number of rotatable bonds is 4. The van der Waals surface area contributed by atoms with Crippen LogP contribution in [-0.2, 0) is 12.8 Å². The smallest absolute Gasteiger partial charge is 0.339 e. The van der Waals surface area contributed by atoms with E-state index >= 15 is 0 Å². The first-order valence-electron chi connectivity index (χ1n) is 7.03. The van der Waals surface area contributed by atoms with Gasteiger partial charge in [0.1, 0.15) is 11.4 Å². The van der Waals surface area contributed by atoms with Gasteiger partial charge in [-0.3, -0.25) is 0 Å². The number of aryl methyl sites for hydroxylation is 2. The Hall–Kier alpha value is -1.58. The molecule has 4 nitrogen and oxygen atoms in total. The number of carboxylic acids is 1. The molecule has 1 heterocycles. The van der Waals surface area contributed by atoms with Crippen LogP contribution in [0.15, 0.2) is 6.07 Å². The van der Waals surface area contributed by atoms with Crippen molar-refractivity contribution in [1.82, 2.24) is 4.98 Å². The molecule has 102 valence electrons. The molecule has 1 N–H and O–H groups in total. The summed E-state index contributed by atoms with van der Waals surface area (Å²) in [5, 5.41) is 9.38. The Morgan fingerprint density at radius 1 is 1.53 bits per heavy atom. The molecule has 2 aliphatic carbocycles. The predicted molar refractivity (Wildman–Crippen MR) is 73.8 cm³/mol. The van der Waals surface area contributed by atoms with Crippen LogP contribution in [-0.4, -0.2) is 29.7 Å². The van der Waals surface area contributed by atoms with Gasteiger partial charge < -0.3 is 10.0 Å². The second kappa shape index (κ2) is 4.51. The Morgan fingerprint density at radius 3 is 2.89 bits per heavy atom. The number of fused-ring (bicyclic) bond motifs is 1. The van der Waals surface area contributed by atoms with Crippen LogP contribution in [0.25, 0.3) is 0 Å². The Labute approximate surface area is 113 Å². The average Bonchev–Trinajstić information content (AvgIpc) is 2.90. The van der Waals surface area contributed by atoms with Gasteiger partial charge in [0.25, 0.3) is 0 Å². The van der Waals surface area contributed by atoms with Crippen LogP contribution in [0.4, 0.5) is 5.82 Å². The lowest BCUT2D eigenvalue weighted by Crippen LogP contribution is -2.24. The van der Waals surface area contributed by atoms with Gasteiger partial charge in [-0.1, -0.05) is 6.92 Å². The molecule has 1 aromatic heterocycles. The third-order valence-electron chi connectivity index (χ3n) is 4.41. The third kappa shape index (κ3) is 2.31. The summed E-state index contributed by atoms with van der Waals surface area (Å²) in [6.45, 7) is 3.15. The average molecular weight is 260 g/mol. The zero-order chi connectivity index (χ0) is 13.6. The van der Waals surface area contributed by atoms with Gasteiger partial charge in [0.2, 0.25) is 0 Å². The maximum Gasteiger partial charge on any atom is 0.339 e. The molecule has 0 saturated heterocycles. The van der Waals surface area contributed by atoms with E-state index in [0.717, 1.165) is 43.0 Å². The van der Waals surface area contributed by atoms with Crippen molar-refractivity contribution in [1.29, 1.82) is 0 Å². The highest BCUT2D eigenvalue weighted by Crippen LogP contribution is 2.39. The quantitative estimate of drug-likeness (QED) is 0.903. The number of anilines is 1. The molecule has 19 heavy (non-hydrogen) atoms. The Kier molecular flexibility index (Phi) is 2.96. The molecule has 2 atom stereocenters. The Balaban J connectivity index is 1.91. The van der Waals surface area contributed by atoms with Gasteiger partial charge in [-0.15, -0.1) is 0 Å². The number of aromatic carboxylic acids is 1. The van der Waals surface area contributed by atoms with E-state index in [4.69, 9.17) is 0 Å². The number of hydrogen-bond acceptors (Lipinski definition) is 3. The maximum absolute atomic E-state index is 11.4. The van der Waals surface area contributed by atoms with Gasteiger partial charge in [-0.25, -0.2) is 9.78 Å². The molecule has 0 aliphatic heterocycles. The fourth-order valence-electron chi connectivity index (χ4n) is 3.00. The molecular weight excluding hydrogens is 240 g/mol. The van der Waals surface area contributed by atoms with Crippen molar-refractivity contribution in [3.63, 3.8) is 0 Å². The van der Waals surface area contributed by atoms with E-state index in [1.54, 1.807) is 0 Å². The van der Waals surface area contributed by atoms with Crippen molar-refractivity contribution < 1.29 is 9.90 Å². The SMILES string of the molecule is CC1CC1CN(C)c1nc2c(cc1C(=O)O)CCC2. The van der Waals surface area contributed by atoms with Crippen molar-refractivity contribution >= 4 is 11.8 Å². The van der Waals surface area contributed by atoms with Crippen LogP contribution < -0.4 is 4.90 Å². The lowest BCUT2D eigenvalue weighted by molar-refractivity contribution is 0.0697. The molecule has 0 aromatic carbocycles. The lowest BCUT2D eigenvalue weighted by Gasteiger charge is -2.21. The predicted octanol–water partition coefficient (Wildman–Crippen LogP) is 2.36. The monoisotopic (exact) mass is 260 g/mol. The standard InChI is InChI=1S/C15H20N2O2/c1-9-6-11(9)8-17(2)14-12(15(18)19)7-10-4-3-5-13(10)16-14/h7,9,11H,3-6,8H2,1-2H3,(H,18,19). The van der Waals surface area contributed by atoms with Gasteiger partial charge in [-0.2, -0.15) is 0 Å². The summed E-state index contributed by atoms with van der Waals surface area (Å²) >= 11 is 0. The fourth-order valence-corrected chi connectivity index (χ4v) is 3.00. The second-order valence-corrected chi connectivity index (χ2v) is 5.98. The third-order valence-corrected chi connectivity index (χ3v) is 4.41. The molecule has 1 saturated carbocycles. The summed E-state index contributed by atoms with van der Waals surface area (Å²) in [7, 11) is 1.96. The van der Waals surface area contributed by atoms with E-state index in [1.165, 1.54) is 6.42 Å². The maximum atomic E-state index is 11.4. The molecule has 1 fully saturated rings. The summed E-state index contributed by atoms with van der Waals surface area (Å²) in [6, 6.07) is 1.83. The van der Waals surface area contributed by atoms with Gasteiger partial charge in [-0.05, 0) is 49.1 Å². The molecule has 4 heteroatoms. The molecule has 1 aromatic rings. The van der Waals surface area contributed by atoms with E-state index in [0.29, 0.717) is 17.3 Å². The molecule has 0 bridgehead atoms. The summed E-state index contributed by atoms with van der Waals surface area (Å²) in [5.74, 6) is 1.24. The minimum Gasteiger partial charge on any atom is -0.478 e. The first-order chi connectivity index (χ1) is 9.06. The topological polar surface area (TPSA) is 53.4 Å². The van der Waals surface area contributed by atoms with Crippen molar-refractivity contribution in [2.24, 2.45) is 11.8 Å². The van der Waals surface area contributed by atoms with Gasteiger partial charge in [0, 0.05) is 19.3 Å². The highest BCUT2D eigenvalue weighted by Gasteiger charge is 2.34. The largest absolute Gasteiger partial charge is 0.478 e. The molecule has 0 spiro atoms.